The van der Waals surface area contributed by atoms with Crippen LogP contribution in [-0.2, 0) is 61.2 Å². The van der Waals surface area contributed by atoms with Gasteiger partial charge in [-0.1, -0.05) is 249 Å². The monoisotopic (exact) mass is 1450 g/mol. The number of phosphoric acid groups is 1. The first-order valence-corrected chi connectivity index (χ1v) is 39.6. The third-order valence-electron chi connectivity index (χ3n) is 18.4. The van der Waals surface area contributed by atoms with Crippen LogP contribution in [0.15, 0.2) is 60.8 Å². The van der Waals surface area contributed by atoms with E-state index in [-0.39, 0.29) is 6.42 Å². The zero-order valence-electron chi connectivity index (χ0n) is 60.5. The predicted octanol–water partition coefficient (Wildman–Crippen LogP) is 10.6. The zero-order valence-corrected chi connectivity index (χ0v) is 61.4. The molecule has 2 saturated heterocycles. The van der Waals surface area contributed by atoms with E-state index in [1.165, 1.54) is 141 Å². The van der Waals surface area contributed by atoms with Crippen molar-refractivity contribution in [3.05, 3.63) is 60.8 Å². The van der Waals surface area contributed by atoms with E-state index in [1.807, 2.05) is 12.2 Å². The van der Waals surface area contributed by atoms with Gasteiger partial charge in [-0.2, -0.15) is 0 Å². The van der Waals surface area contributed by atoms with Crippen molar-refractivity contribution in [1.29, 1.82) is 0 Å². The van der Waals surface area contributed by atoms with Crippen LogP contribution in [0.5, 0.6) is 0 Å². The van der Waals surface area contributed by atoms with Crippen LogP contribution < -0.4 is 0 Å². The van der Waals surface area contributed by atoms with E-state index in [4.69, 9.17) is 42.2 Å². The largest absolute Gasteiger partial charge is 0.472 e. The number of rotatable bonds is 58. The number of allylic oxidation sites excluding steroid dienone is 8. The molecule has 0 aromatic rings. The highest BCUT2D eigenvalue weighted by Crippen LogP contribution is 2.49. The fourth-order valence-electron chi connectivity index (χ4n) is 12.2. The molecule has 18 unspecified atom stereocenters. The van der Waals surface area contributed by atoms with Gasteiger partial charge < -0.3 is 89.1 Å². The summed E-state index contributed by atoms with van der Waals surface area (Å²) in [4.78, 5) is 50.8. The van der Waals surface area contributed by atoms with Crippen LogP contribution in [0.2, 0.25) is 0 Å². The quantitative estimate of drug-likeness (QED) is 0.00512. The van der Waals surface area contributed by atoms with E-state index < -0.39 is 156 Å². The Morgan fingerprint density at radius 2 is 0.770 bits per heavy atom. The van der Waals surface area contributed by atoms with Gasteiger partial charge in [0.05, 0.1) is 13.2 Å². The van der Waals surface area contributed by atoms with Gasteiger partial charge in [0, 0.05) is 18.6 Å². The lowest BCUT2D eigenvalue weighted by molar-refractivity contribution is -0.360. The summed E-state index contributed by atoms with van der Waals surface area (Å²) >= 11 is 0. The fourth-order valence-corrected chi connectivity index (χ4v) is 13.2. The molecule has 1 aliphatic carbocycles. The molecule has 2 heterocycles. The minimum Gasteiger partial charge on any atom is -0.460 e. The van der Waals surface area contributed by atoms with Crippen molar-refractivity contribution >= 4 is 25.7 Å². The molecule has 3 aliphatic rings. The number of aliphatic hydroxyl groups is 10. The maximum atomic E-state index is 14.3. The molecule has 24 nitrogen and oxygen atoms in total. The Labute approximate surface area is 596 Å². The standard InChI is InChI=1S/C75H131O24P/c1-4-7-10-13-16-19-22-25-28-31-34-37-40-43-46-49-59(77)91-53-56(94-61(79)51-48-45-42-39-36-33-30-27-24-21-18-15-12-9-6-3)54-93-100(89,90)99-73-71(97-74-69(87)64(82)62(80)57(52-76)95-74)67(85)66(84)68(86)72(73)98-75-70(88)65(83)63(81)58(96-75)55-92-60(78)50-47-44-41-38-35-32-29-26-23-20-17-14-11-8-5-2/h21,24,40-41,43-44,46-47,49-50,56-58,62-76,80-88H,4-20,22-23,25-39,42,45,48,51-55H2,1-3H3,(H,89,90)/b24-21-,43-40+,44-41+,49-46+,50-47+. The Bertz CT molecular complexity index is 2300. The summed E-state index contributed by atoms with van der Waals surface area (Å²) in [6, 6.07) is 0. The smallest absolute Gasteiger partial charge is 0.460 e. The van der Waals surface area contributed by atoms with Crippen LogP contribution in [0, 0.1) is 0 Å². The van der Waals surface area contributed by atoms with E-state index in [2.05, 4.69) is 32.9 Å². The summed E-state index contributed by atoms with van der Waals surface area (Å²) in [5.74, 6) is -2.49. The van der Waals surface area contributed by atoms with Crippen molar-refractivity contribution < 1.29 is 117 Å². The van der Waals surface area contributed by atoms with E-state index in [0.717, 1.165) is 108 Å². The lowest BCUT2D eigenvalue weighted by atomic mass is 9.84. The molecule has 0 amide bonds. The lowest BCUT2D eigenvalue weighted by Gasteiger charge is -2.49. The van der Waals surface area contributed by atoms with Crippen molar-refractivity contribution in [3.63, 3.8) is 0 Å². The highest BCUT2D eigenvalue weighted by molar-refractivity contribution is 7.47. The number of aliphatic hydroxyl groups excluding tert-OH is 10. The lowest BCUT2D eigenvalue weighted by Crippen LogP contribution is -2.69. The summed E-state index contributed by atoms with van der Waals surface area (Å²) in [6.45, 7) is 3.22. The Kier molecular flexibility index (Phi) is 50.9. The predicted molar refractivity (Wildman–Crippen MR) is 379 cm³/mol. The molecule has 0 radical (unpaired) electrons. The molecular weight excluding hydrogens is 1320 g/mol. The van der Waals surface area contributed by atoms with E-state index in [0.29, 0.717) is 12.8 Å². The molecular formula is C75H131O24P. The van der Waals surface area contributed by atoms with Crippen molar-refractivity contribution in [1.82, 2.24) is 0 Å². The van der Waals surface area contributed by atoms with Crippen LogP contribution in [0.25, 0.3) is 0 Å². The molecule has 1 saturated carbocycles. The Morgan fingerprint density at radius 1 is 0.410 bits per heavy atom. The molecule has 100 heavy (non-hydrogen) atoms. The number of ether oxygens (including phenoxy) is 7. The van der Waals surface area contributed by atoms with Crippen LogP contribution in [0.3, 0.4) is 0 Å². The molecule has 0 aromatic carbocycles. The maximum absolute atomic E-state index is 14.3. The van der Waals surface area contributed by atoms with Crippen LogP contribution in [-0.4, -0.2) is 204 Å². The molecule has 580 valence electrons. The number of hydrogen-bond donors (Lipinski definition) is 11. The average Bonchev–Trinajstić information content (AvgIpc) is 0.761. The SMILES string of the molecule is CCCCCC/C=C\CCCCCCCCCC(=O)OC(COC(=O)/C=C/C=C/CCCCCCCCCCCCC)COP(=O)(O)OC1C(OC2OC(CO)C(O)C(O)C2O)C(O)C(O)C(O)C1OC1OC(COC(=O)/C=C/C=C/CCCCCCCCCCCCC)C(O)C(O)C1O. The third-order valence-corrected chi connectivity index (χ3v) is 19.4. The van der Waals surface area contributed by atoms with Crippen molar-refractivity contribution in [2.75, 3.05) is 26.4 Å². The molecule has 18 atom stereocenters. The summed E-state index contributed by atoms with van der Waals surface area (Å²) in [5, 5.41) is 110. The molecule has 0 bridgehead atoms. The first-order valence-electron chi connectivity index (χ1n) is 38.2. The fraction of sp³-hybridized carbons (Fsp3) is 0.827. The first-order chi connectivity index (χ1) is 48.3. The molecule has 0 aromatic heterocycles. The zero-order chi connectivity index (χ0) is 73.2. The number of carbonyl (C=O) groups excluding carboxylic acids is 3. The van der Waals surface area contributed by atoms with Gasteiger partial charge in [0.2, 0.25) is 0 Å². The molecule has 3 rings (SSSR count). The molecule has 0 spiro atoms. The summed E-state index contributed by atoms with van der Waals surface area (Å²) in [6.07, 6.45) is 22.6. The minimum absolute atomic E-state index is 0.0704. The molecule has 3 fully saturated rings. The van der Waals surface area contributed by atoms with Gasteiger partial charge in [-0.3, -0.25) is 13.8 Å². The Hall–Kier alpha value is -3.34. The second-order valence-corrected chi connectivity index (χ2v) is 28.6. The highest BCUT2D eigenvalue weighted by atomic mass is 31.2. The Morgan fingerprint density at radius 3 is 1.20 bits per heavy atom. The molecule has 11 N–H and O–H groups in total. The summed E-state index contributed by atoms with van der Waals surface area (Å²) < 4.78 is 64.6. The van der Waals surface area contributed by atoms with Gasteiger partial charge in [-0.25, -0.2) is 14.2 Å². The first kappa shape index (κ1) is 90.9. The van der Waals surface area contributed by atoms with E-state index >= 15 is 0 Å². The topological polar surface area (TPSA) is 374 Å². The van der Waals surface area contributed by atoms with E-state index in [1.54, 1.807) is 12.2 Å². The van der Waals surface area contributed by atoms with E-state index in [9.17, 15) is 74.9 Å². The van der Waals surface area contributed by atoms with Gasteiger partial charge in [0.15, 0.2) is 18.7 Å². The number of unbranched alkanes of at least 4 members (excludes halogenated alkanes) is 33. The maximum Gasteiger partial charge on any atom is 0.472 e. The number of esters is 3. The second kappa shape index (κ2) is 56.1. The van der Waals surface area contributed by atoms with Gasteiger partial charge in [-0.05, 0) is 57.8 Å². The third kappa shape index (κ3) is 38.6. The molecule has 25 heteroatoms. The van der Waals surface area contributed by atoms with Gasteiger partial charge in [-0.15, -0.1) is 0 Å². The van der Waals surface area contributed by atoms with Crippen molar-refractivity contribution in [3.8, 4) is 0 Å². The van der Waals surface area contributed by atoms with Crippen molar-refractivity contribution in [2.45, 2.75) is 369 Å². The summed E-state index contributed by atoms with van der Waals surface area (Å²) in [7, 11) is -5.73. The Balaban J connectivity index is 1.76. The van der Waals surface area contributed by atoms with Gasteiger partial charge in [0.1, 0.15) is 98.7 Å². The average molecular weight is 1450 g/mol. The molecule has 2 aliphatic heterocycles. The minimum atomic E-state index is -5.73. The van der Waals surface area contributed by atoms with Gasteiger partial charge in [0.25, 0.3) is 0 Å². The highest BCUT2D eigenvalue weighted by Gasteiger charge is 2.58. The number of phosphoric ester groups is 1. The summed E-state index contributed by atoms with van der Waals surface area (Å²) in [5.41, 5.74) is 0. The normalized spacial score (nSPS) is 27.7. The van der Waals surface area contributed by atoms with Gasteiger partial charge >= 0.3 is 25.7 Å². The van der Waals surface area contributed by atoms with Crippen LogP contribution in [0.4, 0.5) is 0 Å². The number of hydrogen-bond acceptors (Lipinski definition) is 23. The van der Waals surface area contributed by atoms with Crippen LogP contribution in [0.1, 0.15) is 265 Å². The van der Waals surface area contributed by atoms with Crippen molar-refractivity contribution in [2.24, 2.45) is 0 Å². The van der Waals surface area contributed by atoms with Crippen LogP contribution >= 0.6 is 7.82 Å². The second-order valence-electron chi connectivity index (χ2n) is 27.1. The number of carbonyl (C=O) groups is 3.